The van der Waals surface area contributed by atoms with E-state index < -0.39 is 42.5 Å². The molecule has 2 heterocycles. The standard InChI is InChI=1S/C18H25FN2O6S2/c1-2-27-18(22)21-9-7-14(8-10-21)20-16-11-28(23,24)12-17(16)29(25,26)15-5-3-13(19)4-6-15/h3-6,14,16-17,20H,2,7-12H2,1H3. The van der Waals surface area contributed by atoms with E-state index in [9.17, 15) is 26.0 Å². The topological polar surface area (TPSA) is 110 Å². The third kappa shape index (κ3) is 5.07. The predicted octanol–water partition coefficient (Wildman–Crippen LogP) is 0.976. The fourth-order valence-corrected chi connectivity index (χ4v) is 8.50. The first kappa shape index (κ1) is 22.0. The number of rotatable bonds is 5. The Kier molecular flexibility index (Phi) is 6.49. The number of amides is 1. The van der Waals surface area contributed by atoms with E-state index >= 15 is 0 Å². The number of benzene rings is 1. The molecule has 1 aromatic rings. The molecule has 2 aliphatic rings. The average Bonchev–Trinajstić information content (AvgIpc) is 2.98. The van der Waals surface area contributed by atoms with Crippen LogP contribution >= 0.6 is 0 Å². The second-order valence-corrected chi connectivity index (χ2v) is 11.7. The smallest absolute Gasteiger partial charge is 0.409 e. The van der Waals surface area contributed by atoms with Gasteiger partial charge in [0.05, 0.1) is 28.3 Å². The quantitative estimate of drug-likeness (QED) is 0.669. The molecule has 8 nitrogen and oxygen atoms in total. The molecule has 0 saturated carbocycles. The monoisotopic (exact) mass is 448 g/mol. The van der Waals surface area contributed by atoms with Crippen LogP contribution in [0.1, 0.15) is 19.8 Å². The number of hydrogen-bond acceptors (Lipinski definition) is 7. The third-order valence-corrected chi connectivity index (χ3v) is 9.48. The Bertz CT molecular complexity index is 941. The molecule has 2 aliphatic heterocycles. The van der Waals surface area contributed by atoms with Gasteiger partial charge in [-0.25, -0.2) is 26.0 Å². The zero-order valence-corrected chi connectivity index (χ0v) is 17.7. The van der Waals surface area contributed by atoms with Gasteiger partial charge >= 0.3 is 6.09 Å². The Labute approximate surface area is 170 Å². The number of carbonyl (C=O) groups excluding carboxylic acids is 1. The Morgan fingerprint density at radius 2 is 1.83 bits per heavy atom. The van der Waals surface area contributed by atoms with Crippen molar-refractivity contribution in [3.8, 4) is 0 Å². The average molecular weight is 449 g/mol. The van der Waals surface area contributed by atoms with Crippen LogP contribution in [0.4, 0.5) is 9.18 Å². The van der Waals surface area contributed by atoms with Crippen LogP contribution in [-0.4, -0.2) is 76.4 Å². The van der Waals surface area contributed by atoms with Crippen molar-refractivity contribution in [2.45, 2.75) is 42.0 Å². The fourth-order valence-electron chi connectivity index (χ4n) is 3.82. The van der Waals surface area contributed by atoms with Crippen LogP contribution < -0.4 is 5.32 Å². The number of nitrogens with zero attached hydrogens (tertiary/aromatic N) is 1. The number of nitrogens with one attached hydrogen (secondary N) is 1. The zero-order valence-electron chi connectivity index (χ0n) is 16.1. The minimum Gasteiger partial charge on any atom is -0.450 e. The molecule has 2 saturated heterocycles. The van der Waals surface area contributed by atoms with Crippen molar-refractivity contribution in [1.29, 1.82) is 0 Å². The highest BCUT2D eigenvalue weighted by Crippen LogP contribution is 2.27. The molecule has 0 bridgehead atoms. The summed E-state index contributed by atoms with van der Waals surface area (Å²) in [5.41, 5.74) is 0. The van der Waals surface area contributed by atoms with Crippen LogP contribution in [0.3, 0.4) is 0 Å². The van der Waals surface area contributed by atoms with Crippen LogP contribution in [0.2, 0.25) is 0 Å². The van der Waals surface area contributed by atoms with Gasteiger partial charge in [0.1, 0.15) is 5.82 Å². The number of ether oxygens (including phenoxy) is 1. The number of piperidine rings is 1. The maximum Gasteiger partial charge on any atom is 0.409 e. The van der Waals surface area contributed by atoms with Crippen molar-refractivity contribution in [2.24, 2.45) is 0 Å². The summed E-state index contributed by atoms with van der Waals surface area (Å²) in [6, 6.07) is 3.54. The number of hydrogen-bond donors (Lipinski definition) is 1. The first-order chi connectivity index (χ1) is 13.6. The van der Waals surface area contributed by atoms with E-state index in [1.54, 1.807) is 11.8 Å². The summed E-state index contributed by atoms with van der Waals surface area (Å²) in [7, 11) is -7.48. The van der Waals surface area contributed by atoms with Gasteiger partial charge in [-0.2, -0.15) is 0 Å². The molecule has 0 spiro atoms. The molecule has 2 fully saturated rings. The highest BCUT2D eigenvalue weighted by atomic mass is 32.2. The van der Waals surface area contributed by atoms with Gasteiger partial charge < -0.3 is 15.0 Å². The lowest BCUT2D eigenvalue weighted by Gasteiger charge is -2.34. The molecule has 11 heteroatoms. The molecule has 0 radical (unpaired) electrons. The van der Waals surface area contributed by atoms with Gasteiger partial charge in [0.15, 0.2) is 19.7 Å². The van der Waals surface area contributed by atoms with Crippen LogP contribution in [-0.2, 0) is 24.4 Å². The van der Waals surface area contributed by atoms with Crippen LogP contribution in [0.5, 0.6) is 0 Å². The first-order valence-electron chi connectivity index (χ1n) is 9.50. The second kappa shape index (κ2) is 8.57. The van der Waals surface area contributed by atoms with Gasteiger partial charge in [-0.05, 0) is 44.0 Å². The molecule has 2 unspecified atom stereocenters. The number of halogens is 1. The summed E-state index contributed by atoms with van der Waals surface area (Å²) in [5.74, 6) is -1.30. The van der Waals surface area contributed by atoms with E-state index in [2.05, 4.69) is 5.32 Å². The van der Waals surface area contributed by atoms with Crippen molar-refractivity contribution < 1.29 is 30.8 Å². The molecule has 1 aromatic carbocycles. The Morgan fingerprint density at radius 1 is 1.21 bits per heavy atom. The minimum absolute atomic E-state index is 0.0927. The predicted molar refractivity (Wildman–Crippen MR) is 105 cm³/mol. The van der Waals surface area contributed by atoms with E-state index in [0.717, 1.165) is 24.3 Å². The van der Waals surface area contributed by atoms with Crippen molar-refractivity contribution in [3.05, 3.63) is 30.1 Å². The summed E-state index contributed by atoms with van der Waals surface area (Å²) in [5, 5.41) is 2.05. The Hall–Kier alpha value is -1.72. The zero-order chi connectivity index (χ0) is 21.2. The lowest BCUT2D eigenvalue weighted by atomic mass is 10.0. The van der Waals surface area contributed by atoms with Gasteiger partial charge in [0.25, 0.3) is 0 Å². The number of sulfone groups is 2. The van der Waals surface area contributed by atoms with Crippen molar-refractivity contribution in [3.63, 3.8) is 0 Å². The van der Waals surface area contributed by atoms with Gasteiger partial charge in [-0.15, -0.1) is 0 Å². The number of likely N-dealkylation sites (tertiary alicyclic amines) is 1. The lowest BCUT2D eigenvalue weighted by molar-refractivity contribution is 0.0945. The van der Waals surface area contributed by atoms with Gasteiger partial charge in [-0.1, -0.05) is 0 Å². The molecule has 0 aromatic heterocycles. The maximum absolute atomic E-state index is 13.2. The molecule has 3 rings (SSSR count). The highest BCUT2D eigenvalue weighted by Gasteiger charge is 2.46. The SMILES string of the molecule is CCOC(=O)N1CCC(NC2CS(=O)(=O)CC2S(=O)(=O)c2ccc(F)cc2)CC1. The summed E-state index contributed by atoms with van der Waals surface area (Å²) < 4.78 is 68.5. The van der Waals surface area contributed by atoms with Crippen molar-refractivity contribution >= 4 is 25.8 Å². The van der Waals surface area contributed by atoms with Gasteiger partial charge in [0.2, 0.25) is 0 Å². The van der Waals surface area contributed by atoms with Crippen LogP contribution in [0, 0.1) is 5.82 Å². The van der Waals surface area contributed by atoms with E-state index in [0.29, 0.717) is 32.5 Å². The van der Waals surface area contributed by atoms with E-state index in [1.807, 2.05) is 0 Å². The van der Waals surface area contributed by atoms with E-state index in [4.69, 9.17) is 4.74 Å². The molecular weight excluding hydrogens is 423 g/mol. The molecular formula is C18H25FN2O6S2. The maximum atomic E-state index is 13.2. The fraction of sp³-hybridized carbons (Fsp3) is 0.611. The molecule has 29 heavy (non-hydrogen) atoms. The minimum atomic E-state index is -3.95. The van der Waals surface area contributed by atoms with E-state index in [-0.39, 0.29) is 22.8 Å². The largest absolute Gasteiger partial charge is 0.450 e. The number of carbonyl (C=O) groups is 1. The van der Waals surface area contributed by atoms with Crippen LogP contribution in [0.15, 0.2) is 29.2 Å². The molecule has 0 aliphatic carbocycles. The third-order valence-electron chi connectivity index (χ3n) is 5.31. The summed E-state index contributed by atoms with van der Waals surface area (Å²) in [6.45, 7) is 2.92. The van der Waals surface area contributed by atoms with Crippen molar-refractivity contribution in [1.82, 2.24) is 10.2 Å². The first-order valence-corrected chi connectivity index (χ1v) is 12.9. The normalized spacial score (nSPS) is 25.1. The molecule has 2 atom stereocenters. The van der Waals surface area contributed by atoms with Gasteiger partial charge in [-0.3, -0.25) is 0 Å². The van der Waals surface area contributed by atoms with E-state index in [1.165, 1.54) is 0 Å². The summed E-state index contributed by atoms with van der Waals surface area (Å²) in [4.78, 5) is 13.3. The Morgan fingerprint density at radius 3 is 2.41 bits per heavy atom. The summed E-state index contributed by atoms with van der Waals surface area (Å²) >= 11 is 0. The molecule has 1 N–H and O–H groups in total. The Balaban J connectivity index is 1.71. The van der Waals surface area contributed by atoms with Crippen LogP contribution in [0.25, 0.3) is 0 Å². The van der Waals surface area contributed by atoms with Gasteiger partial charge in [0, 0.05) is 25.2 Å². The summed E-state index contributed by atoms with van der Waals surface area (Å²) in [6.07, 6.45) is 0.753. The second-order valence-electron chi connectivity index (χ2n) is 7.35. The van der Waals surface area contributed by atoms with Crippen molar-refractivity contribution in [2.75, 3.05) is 31.2 Å². The molecule has 162 valence electrons. The lowest BCUT2D eigenvalue weighted by Crippen LogP contribution is -2.52. The highest BCUT2D eigenvalue weighted by molar-refractivity contribution is 7.96. The molecule has 1 amide bonds.